The van der Waals surface area contributed by atoms with Gasteiger partial charge in [-0.15, -0.1) is 0 Å². The second-order valence-electron chi connectivity index (χ2n) is 6.65. The van der Waals surface area contributed by atoms with Crippen LogP contribution in [0.4, 0.5) is 11.5 Å². The van der Waals surface area contributed by atoms with Crippen molar-refractivity contribution in [2.24, 2.45) is 5.92 Å². The quantitative estimate of drug-likeness (QED) is 0.480. The molecule has 0 radical (unpaired) electrons. The monoisotopic (exact) mass is 350 g/mol. The third kappa shape index (κ3) is 4.37. The van der Waals surface area contributed by atoms with E-state index in [2.05, 4.69) is 21.8 Å². The summed E-state index contributed by atoms with van der Waals surface area (Å²) in [6, 6.07) is 9.07. The molecule has 134 valence electrons. The van der Waals surface area contributed by atoms with E-state index in [1.165, 1.54) is 0 Å². The Kier molecular flexibility index (Phi) is 5.47. The lowest BCUT2D eigenvalue weighted by molar-refractivity contribution is -0.384. The van der Waals surface area contributed by atoms with E-state index >= 15 is 0 Å². The molecule has 2 aromatic heterocycles. The van der Waals surface area contributed by atoms with E-state index in [0.717, 1.165) is 49.4 Å². The lowest BCUT2D eigenvalue weighted by Crippen LogP contribution is -2.34. The SMILES string of the molecule is Cc1cccc(C#CCC2CCN(c3nc(C)ccc3[N+](=O)[O-])CC2)n1. The van der Waals surface area contributed by atoms with Gasteiger partial charge in [-0.3, -0.25) is 10.1 Å². The van der Waals surface area contributed by atoms with Crippen molar-refractivity contribution in [3.63, 3.8) is 0 Å². The van der Waals surface area contributed by atoms with E-state index in [0.29, 0.717) is 11.7 Å². The number of piperidine rings is 1. The van der Waals surface area contributed by atoms with Gasteiger partial charge in [0.15, 0.2) is 0 Å². The fourth-order valence-electron chi connectivity index (χ4n) is 3.16. The van der Waals surface area contributed by atoms with E-state index in [4.69, 9.17) is 0 Å². The van der Waals surface area contributed by atoms with Gasteiger partial charge in [0, 0.05) is 37.0 Å². The van der Waals surface area contributed by atoms with Crippen LogP contribution >= 0.6 is 0 Å². The predicted molar refractivity (Wildman–Crippen MR) is 101 cm³/mol. The van der Waals surface area contributed by atoms with Crippen LogP contribution in [0.25, 0.3) is 0 Å². The second kappa shape index (κ2) is 7.96. The van der Waals surface area contributed by atoms with Crippen LogP contribution in [0, 0.1) is 41.7 Å². The summed E-state index contributed by atoms with van der Waals surface area (Å²) in [5, 5.41) is 11.3. The molecule has 0 aromatic carbocycles. The molecule has 0 unspecified atom stereocenters. The Hall–Kier alpha value is -2.94. The first kappa shape index (κ1) is 17.9. The molecule has 0 N–H and O–H groups in total. The third-order valence-corrected chi connectivity index (χ3v) is 4.60. The number of anilines is 1. The zero-order chi connectivity index (χ0) is 18.5. The number of aromatic nitrogens is 2. The smallest absolute Gasteiger partial charge is 0.311 e. The lowest BCUT2D eigenvalue weighted by atomic mass is 9.93. The van der Waals surface area contributed by atoms with Gasteiger partial charge in [-0.05, 0) is 56.7 Å². The Morgan fingerprint density at radius 2 is 1.88 bits per heavy atom. The van der Waals surface area contributed by atoms with Crippen LogP contribution in [0.3, 0.4) is 0 Å². The van der Waals surface area contributed by atoms with Gasteiger partial charge < -0.3 is 4.90 Å². The summed E-state index contributed by atoms with van der Waals surface area (Å²) in [5.74, 6) is 7.36. The number of hydrogen-bond donors (Lipinski definition) is 0. The van der Waals surface area contributed by atoms with Crippen molar-refractivity contribution in [1.29, 1.82) is 0 Å². The fourth-order valence-corrected chi connectivity index (χ4v) is 3.16. The summed E-state index contributed by atoms with van der Waals surface area (Å²) in [5.41, 5.74) is 2.66. The Morgan fingerprint density at radius 1 is 1.15 bits per heavy atom. The van der Waals surface area contributed by atoms with Gasteiger partial charge in [0.05, 0.1) is 4.92 Å². The van der Waals surface area contributed by atoms with Crippen LogP contribution in [-0.2, 0) is 0 Å². The van der Waals surface area contributed by atoms with Gasteiger partial charge in [-0.2, -0.15) is 0 Å². The summed E-state index contributed by atoms with van der Waals surface area (Å²) in [7, 11) is 0. The average Bonchev–Trinajstić information content (AvgIpc) is 2.62. The first-order chi connectivity index (χ1) is 12.5. The number of pyridine rings is 2. The summed E-state index contributed by atoms with van der Waals surface area (Å²) >= 11 is 0. The molecule has 3 rings (SSSR count). The highest BCUT2D eigenvalue weighted by Gasteiger charge is 2.25. The number of rotatable bonds is 3. The molecule has 26 heavy (non-hydrogen) atoms. The van der Waals surface area contributed by atoms with Crippen LogP contribution < -0.4 is 4.90 Å². The zero-order valence-corrected chi connectivity index (χ0v) is 15.1. The Morgan fingerprint density at radius 3 is 2.58 bits per heavy atom. The molecule has 0 spiro atoms. The molecule has 1 saturated heterocycles. The average molecular weight is 350 g/mol. The number of hydrogen-bond acceptors (Lipinski definition) is 5. The highest BCUT2D eigenvalue weighted by Crippen LogP contribution is 2.30. The molecule has 0 saturated carbocycles. The summed E-state index contributed by atoms with van der Waals surface area (Å²) in [4.78, 5) is 21.7. The van der Waals surface area contributed by atoms with Crippen molar-refractivity contribution >= 4 is 11.5 Å². The number of nitrogens with zero attached hydrogens (tertiary/aromatic N) is 4. The van der Waals surface area contributed by atoms with Crippen LogP contribution in [0.1, 0.15) is 36.3 Å². The van der Waals surface area contributed by atoms with Crippen LogP contribution in [0.15, 0.2) is 30.3 Å². The van der Waals surface area contributed by atoms with Gasteiger partial charge >= 0.3 is 5.69 Å². The van der Waals surface area contributed by atoms with Crippen molar-refractivity contribution in [3.05, 3.63) is 57.5 Å². The Labute approximate surface area is 153 Å². The highest BCUT2D eigenvalue weighted by atomic mass is 16.6. The van der Waals surface area contributed by atoms with Gasteiger partial charge in [0.25, 0.3) is 0 Å². The molecule has 6 heteroatoms. The van der Waals surface area contributed by atoms with Crippen LogP contribution in [0.5, 0.6) is 0 Å². The van der Waals surface area contributed by atoms with Gasteiger partial charge in [0.2, 0.25) is 5.82 Å². The third-order valence-electron chi connectivity index (χ3n) is 4.60. The molecule has 2 aromatic rings. The minimum atomic E-state index is -0.353. The number of aryl methyl sites for hydroxylation is 2. The van der Waals surface area contributed by atoms with Crippen molar-refractivity contribution in [2.45, 2.75) is 33.1 Å². The molecule has 1 aliphatic heterocycles. The van der Waals surface area contributed by atoms with Gasteiger partial charge in [-0.25, -0.2) is 9.97 Å². The Bertz CT molecular complexity index is 862. The van der Waals surface area contributed by atoms with Crippen LogP contribution in [0.2, 0.25) is 0 Å². The molecule has 1 fully saturated rings. The van der Waals surface area contributed by atoms with E-state index in [-0.39, 0.29) is 10.6 Å². The molecule has 0 aliphatic carbocycles. The molecular weight excluding hydrogens is 328 g/mol. The molecule has 3 heterocycles. The second-order valence-corrected chi connectivity index (χ2v) is 6.65. The highest BCUT2D eigenvalue weighted by molar-refractivity contribution is 5.58. The molecule has 1 aliphatic rings. The van der Waals surface area contributed by atoms with Gasteiger partial charge in [-0.1, -0.05) is 12.0 Å². The number of nitro groups is 1. The van der Waals surface area contributed by atoms with Crippen molar-refractivity contribution in [1.82, 2.24) is 9.97 Å². The largest absolute Gasteiger partial charge is 0.351 e. The fraction of sp³-hybridized carbons (Fsp3) is 0.400. The summed E-state index contributed by atoms with van der Waals surface area (Å²) < 4.78 is 0. The minimum absolute atomic E-state index is 0.0827. The molecular formula is C20H22N4O2. The molecule has 0 atom stereocenters. The lowest BCUT2D eigenvalue weighted by Gasteiger charge is -2.31. The van der Waals surface area contributed by atoms with E-state index in [1.54, 1.807) is 12.1 Å². The summed E-state index contributed by atoms with van der Waals surface area (Å²) in [6.45, 7) is 5.35. The van der Waals surface area contributed by atoms with E-state index in [1.807, 2.05) is 36.9 Å². The van der Waals surface area contributed by atoms with Crippen molar-refractivity contribution in [2.75, 3.05) is 18.0 Å². The van der Waals surface area contributed by atoms with E-state index in [9.17, 15) is 10.1 Å². The maximum absolute atomic E-state index is 11.3. The zero-order valence-electron chi connectivity index (χ0n) is 15.1. The van der Waals surface area contributed by atoms with Crippen molar-refractivity contribution in [3.8, 4) is 11.8 Å². The topological polar surface area (TPSA) is 72.2 Å². The van der Waals surface area contributed by atoms with Gasteiger partial charge in [0.1, 0.15) is 5.69 Å². The van der Waals surface area contributed by atoms with Crippen molar-refractivity contribution < 1.29 is 4.92 Å². The molecule has 6 nitrogen and oxygen atoms in total. The standard InChI is InChI=1S/C20H22N4O2/c1-15-5-3-7-18(21-15)8-4-6-17-11-13-23(14-12-17)20-19(24(25)26)10-9-16(2)22-20/h3,5,7,9-10,17H,6,11-14H2,1-2H3. The first-order valence-corrected chi connectivity index (χ1v) is 8.82. The maximum atomic E-state index is 11.3. The van der Waals surface area contributed by atoms with Crippen LogP contribution in [-0.4, -0.2) is 28.0 Å². The normalized spacial score (nSPS) is 14.6. The minimum Gasteiger partial charge on any atom is -0.351 e. The first-order valence-electron chi connectivity index (χ1n) is 8.82. The predicted octanol–water partition coefficient (Wildman–Crippen LogP) is 3.66. The maximum Gasteiger partial charge on any atom is 0.311 e. The Balaban J connectivity index is 1.60. The summed E-state index contributed by atoms with van der Waals surface area (Å²) in [6.07, 6.45) is 2.75. The molecule has 0 amide bonds. The van der Waals surface area contributed by atoms with E-state index < -0.39 is 0 Å². The molecule has 0 bridgehead atoms.